The molecular weight excluding hydrogens is 274 g/mol. The van der Waals surface area contributed by atoms with Crippen LogP contribution in [0.15, 0.2) is 60.9 Å². The Morgan fingerprint density at radius 1 is 0.909 bits per heavy atom. The maximum absolute atomic E-state index is 4.44. The van der Waals surface area contributed by atoms with Crippen molar-refractivity contribution in [3.63, 3.8) is 0 Å². The molecule has 0 radical (unpaired) electrons. The van der Waals surface area contributed by atoms with E-state index in [2.05, 4.69) is 32.5 Å². The molecule has 2 N–H and O–H groups in total. The van der Waals surface area contributed by atoms with E-state index in [1.54, 1.807) is 12.4 Å². The third kappa shape index (κ3) is 3.79. The Morgan fingerprint density at radius 2 is 1.77 bits per heavy atom. The van der Waals surface area contributed by atoms with Crippen LogP contribution in [0.3, 0.4) is 0 Å². The number of anilines is 3. The summed E-state index contributed by atoms with van der Waals surface area (Å²) in [4.78, 5) is 12.9. The normalized spacial score (nSPS) is 10.2. The maximum atomic E-state index is 4.44. The van der Waals surface area contributed by atoms with Crippen molar-refractivity contribution in [2.75, 3.05) is 10.6 Å². The van der Waals surface area contributed by atoms with Gasteiger partial charge in [-0.2, -0.15) is 4.98 Å². The van der Waals surface area contributed by atoms with E-state index in [9.17, 15) is 0 Å². The number of rotatable bonds is 5. The van der Waals surface area contributed by atoms with Crippen molar-refractivity contribution in [1.29, 1.82) is 0 Å². The molecule has 3 aromatic rings. The minimum atomic E-state index is 0.565. The largest absolute Gasteiger partial charge is 0.364 e. The van der Waals surface area contributed by atoms with E-state index in [1.165, 1.54) is 5.56 Å². The first kappa shape index (κ1) is 14.0. The molecule has 0 unspecified atom stereocenters. The number of pyridine rings is 1. The van der Waals surface area contributed by atoms with Crippen LogP contribution in [0, 0.1) is 6.92 Å². The lowest BCUT2D eigenvalue weighted by molar-refractivity contribution is 1.02. The molecule has 0 amide bonds. The molecule has 0 bridgehead atoms. The molecule has 0 saturated heterocycles. The third-order valence-corrected chi connectivity index (χ3v) is 3.14. The lowest BCUT2D eigenvalue weighted by atomic mass is 10.2. The summed E-state index contributed by atoms with van der Waals surface area (Å²) in [5, 5.41) is 6.43. The van der Waals surface area contributed by atoms with Crippen LogP contribution < -0.4 is 10.6 Å². The summed E-state index contributed by atoms with van der Waals surface area (Å²) in [7, 11) is 0. The summed E-state index contributed by atoms with van der Waals surface area (Å²) >= 11 is 0. The Bertz CT molecular complexity index is 726. The fraction of sp³-hybridized carbons (Fsp3) is 0.118. The molecule has 0 aliphatic rings. The highest BCUT2D eigenvalue weighted by atomic mass is 15.1. The summed E-state index contributed by atoms with van der Waals surface area (Å²) in [6.45, 7) is 2.68. The summed E-state index contributed by atoms with van der Waals surface area (Å²) in [6.07, 6.45) is 3.51. The van der Waals surface area contributed by atoms with Crippen molar-refractivity contribution >= 4 is 17.5 Å². The van der Waals surface area contributed by atoms with E-state index < -0.39 is 0 Å². The average Bonchev–Trinajstić information content (AvgIpc) is 2.57. The number of hydrogen-bond acceptors (Lipinski definition) is 5. The second-order valence-corrected chi connectivity index (χ2v) is 4.93. The maximum Gasteiger partial charge on any atom is 0.229 e. The molecule has 0 saturated carbocycles. The van der Waals surface area contributed by atoms with E-state index in [-0.39, 0.29) is 0 Å². The van der Waals surface area contributed by atoms with Gasteiger partial charge in [-0.05, 0) is 37.3 Å². The van der Waals surface area contributed by atoms with E-state index >= 15 is 0 Å². The van der Waals surface area contributed by atoms with Crippen LogP contribution in [0.2, 0.25) is 0 Å². The van der Waals surface area contributed by atoms with Crippen molar-refractivity contribution < 1.29 is 0 Å². The zero-order valence-corrected chi connectivity index (χ0v) is 12.3. The highest BCUT2D eigenvalue weighted by Crippen LogP contribution is 2.15. The number of hydrogen-bond donors (Lipinski definition) is 2. The molecule has 2 heterocycles. The number of benzene rings is 1. The predicted molar refractivity (Wildman–Crippen MR) is 88.1 cm³/mol. The Labute approximate surface area is 129 Å². The SMILES string of the molecule is Cc1ccc(Nc2nccc(NCc3ccccn3)n2)cc1. The molecular formula is C17H17N5. The van der Waals surface area contributed by atoms with Crippen LogP contribution in [-0.4, -0.2) is 15.0 Å². The Morgan fingerprint density at radius 3 is 2.55 bits per heavy atom. The van der Waals surface area contributed by atoms with Crippen molar-refractivity contribution in [1.82, 2.24) is 15.0 Å². The first-order chi connectivity index (χ1) is 10.8. The van der Waals surface area contributed by atoms with Crippen LogP contribution in [0.5, 0.6) is 0 Å². The van der Waals surface area contributed by atoms with E-state index in [0.29, 0.717) is 12.5 Å². The average molecular weight is 291 g/mol. The monoisotopic (exact) mass is 291 g/mol. The van der Waals surface area contributed by atoms with Gasteiger partial charge in [0.15, 0.2) is 0 Å². The van der Waals surface area contributed by atoms with E-state index in [1.807, 2.05) is 48.5 Å². The van der Waals surface area contributed by atoms with Crippen molar-refractivity contribution in [2.45, 2.75) is 13.5 Å². The zero-order chi connectivity index (χ0) is 15.2. The molecule has 3 rings (SSSR count). The minimum absolute atomic E-state index is 0.565. The molecule has 0 spiro atoms. The van der Waals surface area contributed by atoms with Crippen molar-refractivity contribution in [3.8, 4) is 0 Å². The van der Waals surface area contributed by atoms with Gasteiger partial charge in [-0.3, -0.25) is 4.98 Å². The van der Waals surface area contributed by atoms with Gasteiger partial charge < -0.3 is 10.6 Å². The second kappa shape index (κ2) is 6.67. The van der Waals surface area contributed by atoms with Crippen LogP contribution in [-0.2, 0) is 6.54 Å². The lowest BCUT2D eigenvalue weighted by Gasteiger charge is -2.08. The predicted octanol–water partition coefficient (Wildman–Crippen LogP) is 3.54. The van der Waals surface area contributed by atoms with Gasteiger partial charge in [0.05, 0.1) is 12.2 Å². The summed E-state index contributed by atoms with van der Waals surface area (Å²) in [5.41, 5.74) is 3.15. The van der Waals surface area contributed by atoms with Gasteiger partial charge in [0.1, 0.15) is 5.82 Å². The highest BCUT2D eigenvalue weighted by molar-refractivity contribution is 5.55. The molecule has 110 valence electrons. The quantitative estimate of drug-likeness (QED) is 0.753. The molecule has 0 atom stereocenters. The molecule has 2 aromatic heterocycles. The molecule has 1 aromatic carbocycles. The van der Waals surface area contributed by atoms with Gasteiger partial charge >= 0.3 is 0 Å². The summed E-state index contributed by atoms with van der Waals surface area (Å²) in [5.74, 6) is 1.32. The van der Waals surface area contributed by atoms with Gasteiger partial charge in [0.2, 0.25) is 5.95 Å². The number of aryl methyl sites for hydroxylation is 1. The van der Waals surface area contributed by atoms with Gasteiger partial charge in [0.25, 0.3) is 0 Å². The minimum Gasteiger partial charge on any atom is -0.364 e. The second-order valence-electron chi connectivity index (χ2n) is 4.93. The van der Waals surface area contributed by atoms with Crippen LogP contribution >= 0.6 is 0 Å². The topological polar surface area (TPSA) is 62.7 Å². The highest BCUT2D eigenvalue weighted by Gasteiger charge is 2.00. The summed E-state index contributed by atoms with van der Waals surface area (Å²) in [6, 6.07) is 15.8. The molecule has 0 fully saturated rings. The third-order valence-electron chi connectivity index (χ3n) is 3.14. The van der Waals surface area contributed by atoms with Gasteiger partial charge in [-0.1, -0.05) is 23.8 Å². The molecule has 5 nitrogen and oxygen atoms in total. The van der Waals surface area contributed by atoms with Crippen molar-refractivity contribution in [2.24, 2.45) is 0 Å². The van der Waals surface area contributed by atoms with Crippen LogP contribution in [0.25, 0.3) is 0 Å². The number of nitrogens with zero attached hydrogens (tertiary/aromatic N) is 3. The number of aromatic nitrogens is 3. The van der Waals surface area contributed by atoms with E-state index in [4.69, 9.17) is 0 Å². The first-order valence-corrected chi connectivity index (χ1v) is 7.10. The first-order valence-electron chi connectivity index (χ1n) is 7.10. The molecule has 5 heteroatoms. The number of nitrogens with one attached hydrogen (secondary N) is 2. The van der Waals surface area contributed by atoms with Crippen LogP contribution in [0.1, 0.15) is 11.3 Å². The Kier molecular flexibility index (Phi) is 4.25. The standard InChI is InChI=1S/C17H17N5/c1-13-5-7-14(8-6-13)21-17-19-11-9-16(22-17)20-12-15-4-2-3-10-18-15/h2-11H,12H2,1H3,(H2,19,20,21,22). The van der Waals surface area contributed by atoms with Gasteiger partial charge in [-0.25, -0.2) is 4.98 Å². The smallest absolute Gasteiger partial charge is 0.229 e. The fourth-order valence-corrected chi connectivity index (χ4v) is 1.97. The molecule has 0 aliphatic carbocycles. The van der Waals surface area contributed by atoms with Gasteiger partial charge in [-0.15, -0.1) is 0 Å². The molecule has 22 heavy (non-hydrogen) atoms. The van der Waals surface area contributed by atoms with Gasteiger partial charge in [0, 0.05) is 18.1 Å². The van der Waals surface area contributed by atoms with Crippen molar-refractivity contribution in [3.05, 3.63) is 72.2 Å². The Hall–Kier alpha value is -2.95. The Balaban J connectivity index is 1.66. The van der Waals surface area contributed by atoms with E-state index in [0.717, 1.165) is 17.2 Å². The van der Waals surface area contributed by atoms with Crippen LogP contribution in [0.4, 0.5) is 17.5 Å². The zero-order valence-electron chi connectivity index (χ0n) is 12.3. The summed E-state index contributed by atoms with van der Waals surface area (Å²) < 4.78 is 0. The fourth-order valence-electron chi connectivity index (χ4n) is 1.97. The lowest BCUT2D eigenvalue weighted by Crippen LogP contribution is -2.05. The molecule has 0 aliphatic heterocycles.